The summed E-state index contributed by atoms with van der Waals surface area (Å²) < 4.78 is 7.92. The van der Waals surface area contributed by atoms with Gasteiger partial charge in [0.15, 0.2) is 0 Å². The number of fused-ring (bicyclic) bond motifs is 1. The van der Waals surface area contributed by atoms with Crippen LogP contribution in [0.2, 0.25) is 0 Å². The molecule has 7 heteroatoms. The van der Waals surface area contributed by atoms with Crippen LogP contribution in [0.1, 0.15) is 5.56 Å². The fraction of sp³-hybridized carbons (Fsp3) is 0.0345. The zero-order valence-corrected chi connectivity index (χ0v) is 19.5. The highest BCUT2D eigenvalue weighted by atomic mass is 16.5. The molecule has 3 aromatic heterocycles. The van der Waals surface area contributed by atoms with Crippen LogP contribution in [0.4, 0.5) is 0 Å². The molecule has 0 unspecified atom stereocenters. The predicted molar refractivity (Wildman–Crippen MR) is 138 cm³/mol. The van der Waals surface area contributed by atoms with Gasteiger partial charge in [-0.25, -0.2) is 19.6 Å². The van der Waals surface area contributed by atoms with Gasteiger partial charge < -0.3 is 10.5 Å². The van der Waals surface area contributed by atoms with Crippen LogP contribution in [0.5, 0.6) is 11.6 Å². The van der Waals surface area contributed by atoms with Crippen molar-refractivity contribution in [3.8, 4) is 39.7 Å². The largest absolute Gasteiger partial charge is 0.438 e. The Morgan fingerprint density at radius 1 is 0.833 bits per heavy atom. The van der Waals surface area contributed by atoms with E-state index in [0.29, 0.717) is 11.6 Å². The van der Waals surface area contributed by atoms with Gasteiger partial charge in [0.05, 0.1) is 28.8 Å². The highest BCUT2D eigenvalue weighted by Crippen LogP contribution is 2.36. The van der Waals surface area contributed by atoms with Gasteiger partial charge >= 0.3 is 0 Å². The molecule has 3 N–H and O–H groups in total. The summed E-state index contributed by atoms with van der Waals surface area (Å²) >= 11 is 0. The highest BCUT2D eigenvalue weighted by Gasteiger charge is 2.15. The van der Waals surface area contributed by atoms with Crippen LogP contribution in [-0.2, 0) is 6.54 Å². The molecule has 0 bridgehead atoms. The molecule has 0 fully saturated rings. The molecule has 0 aliphatic heterocycles. The Kier molecular flexibility index (Phi) is 5.65. The molecule has 0 spiro atoms. The standard InChI is InChI=1S/C29H22N6O/c30-17-20-6-8-22(9-7-20)28-25(21-4-2-1-3-5-21)16-26-27(34-28)14-15-32-29(26)36-24-12-10-23(11-13-24)35-19-31-18-33-35/h1-16,18-19H,17,30H2/p+1. The number of quaternary nitrogens is 1. The van der Waals surface area contributed by atoms with E-state index in [1.54, 1.807) is 17.2 Å². The van der Waals surface area contributed by atoms with Crippen molar-refractivity contribution in [1.82, 2.24) is 24.7 Å². The maximum Gasteiger partial charge on any atom is 0.228 e. The zero-order chi connectivity index (χ0) is 24.3. The number of rotatable bonds is 6. The lowest BCUT2D eigenvalue weighted by Gasteiger charge is -2.14. The van der Waals surface area contributed by atoms with Crippen molar-refractivity contribution in [2.75, 3.05) is 0 Å². The van der Waals surface area contributed by atoms with Gasteiger partial charge in [-0.1, -0.05) is 54.6 Å². The van der Waals surface area contributed by atoms with Crippen molar-refractivity contribution in [3.63, 3.8) is 0 Å². The maximum absolute atomic E-state index is 6.23. The van der Waals surface area contributed by atoms with Crippen molar-refractivity contribution in [2.45, 2.75) is 6.54 Å². The lowest BCUT2D eigenvalue weighted by atomic mass is 9.97. The predicted octanol–water partition coefficient (Wildman–Crippen LogP) is 5.08. The summed E-state index contributed by atoms with van der Waals surface area (Å²) in [7, 11) is 0. The van der Waals surface area contributed by atoms with E-state index in [4.69, 9.17) is 9.72 Å². The van der Waals surface area contributed by atoms with Gasteiger partial charge in [0.2, 0.25) is 5.88 Å². The topological polar surface area (TPSA) is 93.4 Å². The van der Waals surface area contributed by atoms with Crippen molar-refractivity contribution in [2.24, 2.45) is 0 Å². The summed E-state index contributed by atoms with van der Waals surface area (Å²) in [4.78, 5) is 13.6. The first-order valence-corrected chi connectivity index (χ1v) is 11.7. The van der Waals surface area contributed by atoms with Gasteiger partial charge in [-0.05, 0) is 42.0 Å². The number of benzene rings is 3. The molecule has 0 atom stereocenters. The van der Waals surface area contributed by atoms with E-state index in [-0.39, 0.29) is 0 Å². The van der Waals surface area contributed by atoms with E-state index in [9.17, 15) is 0 Å². The summed E-state index contributed by atoms with van der Waals surface area (Å²) in [5.74, 6) is 1.18. The fourth-order valence-electron chi connectivity index (χ4n) is 4.16. The summed E-state index contributed by atoms with van der Waals surface area (Å²) in [6, 6.07) is 30.4. The molecule has 7 nitrogen and oxygen atoms in total. The van der Waals surface area contributed by atoms with E-state index >= 15 is 0 Å². The number of pyridine rings is 2. The normalized spacial score (nSPS) is 11.0. The van der Waals surface area contributed by atoms with Crippen LogP contribution < -0.4 is 10.5 Å². The summed E-state index contributed by atoms with van der Waals surface area (Å²) in [6.45, 7) is 0.753. The van der Waals surface area contributed by atoms with Crippen LogP contribution in [0.25, 0.3) is 39.0 Å². The molecule has 36 heavy (non-hydrogen) atoms. The second-order valence-corrected chi connectivity index (χ2v) is 8.32. The minimum absolute atomic E-state index is 0.504. The number of hydrogen-bond donors (Lipinski definition) is 1. The molecule has 6 aromatic rings. The smallest absolute Gasteiger partial charge is 0.228 e. The monoisotopic (exact) mass is 471 g/mol. The third-order valence-electron chi connectivity index (χ3n) is 6.04. The Morgan fingerprint density at radius 2 is 1.64 bits per heavy atom. The van der Waals surface area contributed by atoms with Crippen LogP contribution in [0, 0.1) is 0 Å². The van der Waals surface area contributed by atoms with Gasteiger partial charge in [0.25, 0.3) is 0 Å². The Hall–Kier alpha value is -4.88. The maximum atomic E-state index is 6.23. The van der Waals surface area contributed by atoms with Crippen LogP contribution in [0.3, 0.4) is 0 Å². The molecule has 0 aliphatic carbocycles. The minimum atomic E-state index is 0.504. The lowest BCUT2D eigenvalue weighted by Crippen LogP contribution is -2.47. The molecule has 0 radical (unpaired) electrons. The van der Waals surface area contributed by atoms with Crippen LogP contribution >= 0.6 is 0 Å². The Labute approximate surface area is 207 Å². The average Bonchev–Trinajstić information content (AvgIpc) is 3.49. The molecule has 3 aromatic carbocycles. The lowest BCUT2D eigenvalue weighted by molar-refractivity contribution is -0.386. The number of aromatic nitrogens is 5. The molecule has 3 heterocycles. The van der Waals surface area contributed by atoms with Crippen molar-refractivity contribution >= 4 is 10.9 Å². The van der Waals surface area contributed by atoms with Crippen molar-refractivity contribution in [1.29, 1.82) is 0 Å². The van der Waals surface area contributed by atoms with Gasteiger partial charge in [-0.3, -0.25) is 0 Å². The molecule has 0 amide bonds. The summed E-state index contributed by atoms with van der Waals surface area (Å²) in [5, 5.41) is 5.01. The van der Waals surface area contributed by atoms with Crippen molar-refractivity contribution in [3.05, 3.63) is 115 Å². The zero-order valence-electron chi connectivity index (χ0n) is 19.5. The second-order valence-electron chi connectivity index (χ2n) is 8.32. The highest BCUT2D eigenvalue weighted by molar-refractivity contribution is 5.94. The molecule has 6 rings (SSSR count). The molecule has 174 valence electrons. The summed E-state index contributed by atoms with van der Waals surface area (Å²) in [6.07, 6.45) is 4.89. The third kappa shape index (κ3) is 4.19. The number of hydrogen-bond acceptors (Lipinski definition) is 5. The van der Waals surface area contributed by atoms with Gasteiger partial charge in [-0.15, -0.1) is 0 Å². The van der Waals surface area contributed by atoms with E-state index in [1.165, 1.54) is 11.9 Å². The Bertz CT molecular complexity index is 1610. The first-order valence-electron chi connectivity index (χ1n) is 11.7. The Morgan fingerprint density at radius 3 is 2.36 bits per heavy atom. The summed E-state index contributed by atoms with van der Waals surface area (Å²) in [5.41, 5.74) is 10.9. The Balaban J connectivity index is 1.44. The van der Waals surface area contributed by atoms with Gasteiger partial charge in [0.1, 0.15) is 18.4 Å². The van der Waals surface area contributed by atoms with E-state index in [2.05, 4.69) is 63.3 Å². The van der Waals surface area contributed by atoms with Gasteiger partial charge in [0, 0.05) is 22.9 Å². The molecule has 0 saturated heterocycles. The fourth-order valence-corrected chi connectivity index (χ4v) is 4.16. The van der Waals surface area contributed by atoms with Crippen LogP contribution in [-0.4, -0.2) is 24.7 Å². The van der Waals surface area contributed by atoms with Crippen LogP contribution in [0.15, 0.2) is 110 Å². The quantitative estimate of drug-likeness (QED) is 0.366. The first kappa shape index (κ1) is 21.6. The van der Waals surface area contributed by atoms with E-state index in [1.807, 2.05) is 48.5 Å². The molecule has 0 saturated carbocycles. The SMILES string of the molecule is [NH3+]Cc1ccc(-c2nc3ccnc(Oc4ccc(-n5cncn5)cc4)c3cc2-c2ccccc2)cc1. The number of nitrogens with zero attached hydrogens (tertiary/aromatic N) is 5. The third-order valence-corrected chi connectivity index (χ3v) is 6.04. The number of ether oxygens (including phenoxy) is 1. The van der Waals surface area contributed by atoms with Crippen molar-refractivity contribution < 1.29 is 10.5 Å². The first-order chi connectivity index (χ1) is 17.8. The van der Waals surface area contributed by atoms with E-state index < -0.39 is 0 Å². The molecular formula is C29H23N6O+. The molecule has 0 aliphatic rings. The van der Waals surface area contributed by atoms with E-state index in [0.717, 1.165) is 45.5 Å². The average molecular weight is 472 g/mol. The second kappa shape index (κ2) is 9.40. The minimum Gasteiger partial charge on any atom is -0.438 e. The molecular weight excluding hydrogens is 448 g/mol. The van der Waals surface area contributed by atoms with Gasteiger partial charge in [-0.2, -0.15) is 5.10 Å².